The molecular weight excluding hydrogens is 434 g/mol. The number of pyridine rings is 1. The van der Waals surface area contributed by atoms with Crippen LogP contribution in [0.3, 0.4) is 0 Å². The van der Waals surface area contributed by atoms with E-state index in [2.05, 4.69) is 25.8 Å². The number of fused-ring (bicyclic) bond motifs is 1. The van der Waals surface area contributed by atoms with Gasteiger partial charge in [0, 0.05) is 65.8 Å². The lowest BCUT2D eigenvalue weighted by Gasteiger charge is -2.46. The van der Waals surface area contributed by atoms with E-state index in [1.807, 2.05) is 54.3 Å². The molecular formula is C24H25B2F2N5O. The van der Waals surface area contributed by atoms with Crippen molar-refractivity contribution in [3.8, 4) is 22.3 Å². The molecule has 0 N–H and O–H groups in total. The maximum absolute atomic E-state index is 13.8. The zero-order chi connectivity index (χ0) is 23.8. The third kappa shape index (κ3) is 3.37. The Labute approximate surface area is 198 Å². The largest absolute Gasteiger partial charge is 0.361 e. The summed E-state index contributed by atoms with van der Waals surface area (Å²) in [6, 6.07) is 2.07. The predicted molar refractivity (Wildman–Crippen MR) is 130 cm³/mol. The Morgan fingerprint density at radius 1 is 1.06 bits per heavy atom. The minimum atomic E-state index is -2.58. The minimum absolute atomic E-state index is 0.106. The molecule has 6 rings (SSSR count). The zero-order valence-corrected chi connectivity index (χ0v) is 19.8. The first-order chi connectivity index (χ1) is 16.1. The molecule has 0 bridgehead atoms. The normalized spacial score (nSPS) is 18.4. The van der Waals surface area contributed by atoms with Crippen LogP contribution in [0.2, 0.25) is 0 Å². The Kier molecular flexibility index (Phi) is 4.57. The second-order valence-electron chi connectivity index (χ2n) is 10.4. The van der Waals surface area contributed by atoms with Crippen molar-refractivity contribution in [1.82, 2.24) is 24.7 Å². The Balaban J connectivity index is 1.51. The van der Waals surface area contributed by atoms with E-state index in [0.717, 1.165) is 63.4 Å². The van der Waals surface area contributed by atoms with Crippen molar-refractivity contribution in [3.05, 3.63) is 48.1 Å². The van der Waals surface area contributed by atoms with E-state index in [4.69, 9.17) is 9.51 Å². The van der Waals surface area contributed by atoms with Crippen LogP contribution >= 0.6 is 0 Å². The van der Waals surface area contributed by atoms with Crippen molar-refractivity contribution in [1.29, 1.82) is 0 Å². The second-order valence-corrected chi connectivity index (χ2v) is 10.4. The smallest absolute Gasteiger partial charge is 0.248 e. The number of hydrogen-bond acceptors (Lipinski definition) is 5. The van der Waals surface area contributed by atoms with E-state index in [9.17, 15) is 8.78 Å². The molecule has 4 aromatic rings. The van der Waals surface area contributed by atoms with Gasteiger partial charge in [-0.25, -0.2) is 18.7 Å². The summed E-state index contributed by atoms with van der Waals surface area (Å²) in [5, 5.41) is 3.56. The molecule has 34 heavy (non-hydrogen) atoms. The number of rotatable bonds is 5. The monoisotopic (exact) mass is 459 g/mol. The number of nitrogens with zero attached hydrogens (tertiary/aromatic N) is 5. The van der Waals surface area contributed by atoms with Gasteiger partial charge in [-0.1, -0.05) is 5.16 Å². The number of aromatic nitrogens is 5. The van der Waals surface area contributed by atoms with Crippen LogP contribution < -0.4 is 0 Å². The summed E-state index contributed by atoms with van der Waals surface area (Å²) >= 11 is 0. The Morgan fingerprint density at radius 2 is 1.74 bits per heavy atom. The summed E-state index contributed by atoms with van der Waals surface area (Å²) in [5.74, 6) is -0.634. The molecule has 6 nitrogen and oxygen atoms in total. The summed E-state index contributed by atoms with van der Waals surface area (Å²) < 4.78 is 35.1. The molecule has 0 amide bonds. The van der Waals surface area contributed by atoms with Crippen LogP contribution in [0.4, 0.5) is 8.78 Å². The van der Waals surface area contributed by atoms with Crippen molar-refractivity contribution in [2.45, 2.75) is 56.7 Å². The first kappa shape index (κ1) is 21.5. The predicted octanol–water partition coefficient (Wildman–Crippen LogP) is 3.56. The average molecular weight is 459 g/mol. The maximum atomic E-state index is 13.8. The molecule has 0 radical (unpaired) electrons. The van der Waals surface area contributed by atoms with E-state index >= 15 is 0 Å². The molecule has 0 aromatic carbocycles. The van der Waals surface area contributed by atoms with Gasteiger partial charge < -0.3 is 9.09 Å². The molecule has 0 spiro atoms. The standard InChI is InChI=1S/C24H25B2F2N5O/c1-12-20(13(2)34-32-12)15-5-19-21(29-8-15)18(16-9-30-22(31-10-16)14-3-4-14)11-33(19)24(25,26)17-6-23(27,28)7-17/h5,8-11,14,17H,3-4,6-7,25-26H2,1-2H3. The fraction of sp³-hybridized carbons (Fsp3) is 0.417. The molecule has 0 unspecified atom stereocenters. The van der Waals surface area contributed by atoms with Gasteiger partial charge in [-0.15, -0.1) is 0 Å². The van der Waals surface area contributed by atoms with Gasteiger partial charge in [0.05, 0.1) is 16.7 Å². The highest BCUT2D eigenvalue weighted by Gasteiger charge is 2.52. The van der Waals surface area contributed by atoms with Gasteiger partial charge in [-0.05, 0) is 44.0 Å². The SMILES string of the molecule is BC(B)(C1CC(F)(F)C1)n1cc(-c2cnc(C3CC3)nc2)c2ncc(-c3c(C)noc3C)cc21. The minimum Gasteiger partial charge on any atom is -0.361 e. The second kappa shape index (κ2) is 7.23. The van der Waals surface area contributed by atoms with Crippen LogP contribution in [0.25, 0.3) is 33.3 Å². The Bertz CT molecular complexity index is 1380. The van der Waals surface area contributed by atoms with Crippen LogP contribution in [0.1, 0.15) is 48.9 Å². The molecule has 0 aliphatic heterocycles. The summed E-state index contributed by atoms with van der Waals surface area (Å²) in [6.45, 7) is 3.78. The quantitative estimate of drug-likeness (QED) is 0.427. The van der Waals surface area contributed by atoms with Crippen molar-refractivity contribution < 1.29 is 13.3 Å². The zero-order valence-electron chi connectivity index (χ0n) is 19.8. The molecule has 2 aliphatic carbocycles. The molecule has 4 heterocycles. The fourth-order valence-electron chi connectivity index (χ4n) is 5.21. The van der Waals surface area contributed by atoms with E-state index in [1.165, 1.54) is 0 Å². The molecule has 2 saturated carbocycles. The first-order valence-electron chi connectivity index (χ1n) is 11.8. The summed E-state index contributed by atoms with van der Waals surface area (Å²) in [7, 11) is 4.07. The van der Waals surface area contributed by atoms with Gasteiger partial charge >= 0.3 is 0 Å². The van der Waals surface area contributed by atoms with E-state index in [1.54, 1.807) is 0 Å². The van der Waals surface area contributed by atoms with E-state index in [0.29, 0.717) is 5.92 Å². The molecule has 0 atom stereocenters. The molecule has 10 heteroatoms. The topological polar surface area (TPSA) is 69.6 Å². The highest BCUT2D eigenvalue weighted by Crippen LogP contribution is 2.49. The third-order valence-electron chi connectivity index (χ3n) is 7.60. The van der Waals surface area contributed by atoms with Crippen molar-refractivity contribution in [2.24, 2.45) is 5.92 Å². The summed E-state index contributed by atoms with van der Waals surface area (Å²) in [4.78, 5) is 14.0. The lowest BCUT2D eigenvalue weighted by Crippen LogP contribution is -2.52. The van der Waals surface area contributed by atoms with Crippen LogP contribution in [0.5, 0.6) is 0 Å². The molecule has 2 aliphatic rings. The lowest BCUT2D eigenvalue weighted by atomic mass is 9.49. The fourth-order valence-corrected chi connectivity index (χ4v) is 5.21. The number of halogens is 2. The summed E-state index contributed by atoms with van der Waals surface area (Å²) in [5.41, 5.74) is 6.07. The van der Waals surface area contributed by atoms with Crippen molar-refractivity contribution >= 4 is 26.7 Å². The summed E-state index contributed by atoms with van der Waals surface area (Å²) in [6.07, 6.45) is 9.64. The van der Waals surface area contributed by atoms with Crippen LogP contribution in [0.15, 0.2) is 35.4 Å². The van der Waals surface area contributed by atoms with E-state index < -0.39 is 11.3 Å². The molecule has 0 saturated heterocycles. The van der Waals surface area contributed by atoms with E-state index in [-0.39, 0.29) is 18.8 Å². The Morgan fingerprint density at radius 3 is 2.32 bits per heavy atom. The van der Waals surface area contributed by atoms with Gasteiger partial charge in [0.2, 0.25) is 5.92 Å². The average Bonchev–Trinajstić information content (AvgIpc) is 3.48. The van der Waals surface area contributed by atoms with Crippen LogP contribution in [-0.4, -0.2) is 46.3 Å². The highest BCUT2D eigenvalue weighted by atomic mass is 19.3. The molecule has 4 aromatic heterocycles. The number of aryl methyl sites for hydroxylation is 2. The van der Waals surface area contributed by atoms with Crippen molar-refractivity contribution in [2.75, 3.05) is 0 Å². The van der Waals surface area contributed by atoms with Gasteiger partial charge in [-0.3, -0.25) is 4.98 Å². The van der Waals surface area contributed by atoms with Gasteiger partial charge in [0.15, 0.2) is 0 Å². The number of alkyl halides is 2. The first-order valence-corrected chi connectivity index (χ1v) is 11.8. The number of hydrogen-bond donors (Lipinski definition) is 0. The van der Waals surface area contributed by atoms with Crippen LogP contribution in [0, 0.1) is 19.8 Å². The van der Waals surface area contributed by atoms with Crippen molar-refractivity contribution in [3.63, 3.8) is 0 Å². The third-order valence-corrected chi connectivity index (χ3v) is 7.60. The van der Waals surface area contributed by atoms with Gasteiger partial charge in [0.1, 0.15) is 27.3 Å². The lowest BCUT2D eigenvalue weighted by molar-refractivity contribution is -0.120. The maximum Gasteiger partial charge on any atom is 0.248 e. The van der Waals surface area contributed by atoms with Gasteiger partial charge in [-0.2, -0.15) is 0 Å². The Hall–Kier alpha value is -3.03. The highest BCUT2D eigenvalue weighted by molar-refractivity contribution is 6.38. The molecule has 172 valence electrons. The molecule has 2 fully saturated rings. The van der Waals surface area contributed by atoms with Crippen LogP contribution in [-0.2, 0) is 5.34 Å². The van der Waals surface area contributed by atoms with Gasteiger partial charge in [0.25, 0.3) is 0 Å².